The molecular formula is C18H31N3O3. The van der Waals surface area contributed by atoms with Gasteiger partial charge in [0.2, 0.25) is 5.91 Å². The highest BCUT2D eigenvalue weighted by atomic mass is 16.5. The van der Waals surface area contributed by atoms with E-state index < -0.39 is 0 Å². The Morgan fingerprint density at radius 2 is 1.79 bits per heavy atom. The van der Waals surface area contributed by atoms with E-state index >= 15 is 0 Å². The molecule has 1 N–H and O–H groups in total. The molecule has 3 amide bonds. The van der Waals surface area contributed by atoms with Gasteiger partial charge in [0, 0.05) is 39.2 Å². The molecule has 1 aliphatic carbocycles. The molecular weight excluding hydrogens is 306 g/mol. The average Bonchev–Trinajstić information content (AvgIpc) is 3.35. The topological polar surface area (TPSA) is 61.9 Å². The Hall–Kier alpha value is -1.30. The summed E-state index contributed by atoms with van der Waals surface area (Å²) in [6.45, 7) is 4.24. The quantitative estimate of drug-likeness (QED) is 0.853. The van der Waals surface area contributed by atoms with Gasteiger partial charge in [0.1, 0.15) is 6.04 Å². The lowest BCUT2D eigenvalue weighted by molar-refractivity contribution is -0.134. The molecule has 2 heterocycles. The molecule has 0 bridgehead atoms. The van der Waals surface area contributed by atoms with Gasteiger partial charge in [0.15, 0.2) is 0 Å². The zero-order valence-corrected chi connectivity index (χ0v) is 15.0. The molecule has 3 atom stereocenters. The molecule has 0 spiro atoms. The Kier molecular flexibility index (Phi) is 5.64. The maximum absolute atomic E-state index is 12.8. The van der Waals surface area contributed by atoms with Crippen molar-refractivity contribution in [3.8, 4) is 0 Å². The Morgan fingerprint density at radius 1 is 1.12 bits per heavy atom. The number of amides is 3. The van der Waals surface area contributed by atoms with Gasteiger partial charge < -0.3 is 19.9 Å². The van der Waals surface area contributed by atoms with Gasteiger partial charge in [0.25, 0.3) is 0 Å². The van der Waals surface area contributed by atoms with Gasteiger partial charge in [-0.2, -0.15) is 0 Å². The van der Waals surface area contributed by atoms with Crippen LogP contribution >= 0.6 is 0 Å². The van der Waals surface area contributed by atoms with E-state index in [1.807, 2.05) is 4.90 Å². The number of methoxy groups -OCH3 is 1. The molecule has 6 nitrogen and oxygen atoms in total. The van der Waals surface area contributed by atoms with Crippen LogP contribution in [0.1, 0.15) is 51.9 Å². The summed E-state index contributed by atoms with van der Waals surface area (Å²) >= 11 is 0. The van der Waals surface area contributed by atoms with E-state index in [2.05, 4.69) is 12.2 Å². The molecule has 24 heavy (non-hydrogen) atoms. The second-order valence-corrected chi connectivity index (χ2v) is 7.58. The lowest BCUT2D eigenvalue weighted by Gasteiger charge is -2.30. The van der Waals surface area contributed by atoms with Crippen LogP contribution in [0.15, 0.2) is 0 Å². The van der Waals surface area contributed by atoms with Crippen molar-refractivity contribution in [3.63, 3.8) is 0 Å². The summed E-state index contributed by atoms with van der Waals surface area (Å²) in [5.74, 6) is 0.665. The Morgan fingerprint density at radius 3 is 2.42 bits per heavy atom. The number of ether oxygens (including phenoxy) is 1. The molecule has 2 saturated heterocycles. The summed E-state index contributed by atoms with van der Waals surface area (Å²) in [6.07, 6.45) is 7.60. The molecule has 6 heteroatoms. The van der Waals surface area contributed by atoms with Crippen LogP contribution in [0, 0.1) is 5.92 Å². The summed E-state index contributed by atoms with van der Waals surface area (Å²) in [5.41, 5.74) is 0. The third-order valence-corrected chi connectivity index (χ3v) is 6.02. The molecule has 0 aromatic rings. The summed E-state index contributed by atoms with van der Waals surface area (Å²) in [4.78, 5) is 29.2. The first kappa shape index (κ1) is 17.5. The third-order valence-electron chi connectivity index (χ3n) is 6.02. The number of urea groups is 1. The largest absolute Gasteiger partial charge is 0.380 e. The number of carbonyl (C=O) groups excluding carboxylic acids is 2. The molecule has 0 aromatic carbocycles. The predicted octanol–water partition coefficient (Wildman–Crippen LogP) is 1.99. The van der Waals surface area contributed by atoms with Crippen molar-refractivity contribution >= 4 is 11.9 Å². The van der Waals surface area contributed by atoms with Crippen molar-refractivity contribution in [1.82, 2.24) is 15.1 Å². The molecule has 3 fully saturated rings. The molecule has 1 saturated carbocycles. The summed E-state index contributed by atoms with van der Waals surface area (Å²) in [6, 6.07) is -0.306. The second-order valence-electron chi connectivity index (χ2n) is 7.58. The fourth-order valence-electron chi connectivity index (χ4n) is 4.43. The number of nitrogens with zero attached hydrogens (tertiary/aromatic N) is 2. The van der Waals surface area contributed by atoms with E-state index in [9.17, 15) is 9.59 Å². The number of nitrogens with one attached hydrogen (secondary N) is 1. The minimum atomic E-state index is -0.371. The highest BCUT2D eigenvalue weighted by Gasteiger charge is 2.42. The van der Waals surface area contributed by atoms with Crippen LogP contribution < -0.4 is 5.32 Å². The van der Waals surface area contributed by atoms with Crippen molar-refractivity contribution in [3.05, 3.63) is 0 Å². The van der Waals surface area contributed by atoms with E-state index in [1.165, 1.54) is 25.7 Å². The Bertz CT molecular complexity index is 458. The molecule has 0 unspecified atom stereocenters. The minimum absolute atomic E-state index is 0.0471. The standard InChI is InChI=1S/C18H31N3O3/c1-13(14-7-3-4-8-14)19-18(23)21-12-15(24-2)11-16(21)17(22)20-9-5-6-10-20/h13-16H,3-12H2,1-2H3,(H,19,23)/t13-,15-,16-/m0/s1. The molecule has 3 aliphatic rings. The van der Waals surface area contributed by atoms with E-state index in [1.54, 1.807) is 12.0 Å². The van der Waals surface area contributed by atoms with E-state index in [-0.39, 0.29) is 30.1 Å². The van der Waals surface area contributed by atoms with Gasteiger partial charge in [-0.15, -0.1) is 0 Å². The zero-order chi connectivity index (χ0) is 17.1. The molecule has 0 radical (unpaired) electrons. The Balaban J connectivity index is 1.63. The highest BCUT2D eigenvalue weighted by Crippen LogP contribution is 2.28. The molecule has 0 aromatic heterocycles. The first-order valence-electron chi connectivity index (χ1n) is 9.49. The van der Waals surface area contributed by atoms with Crippen LogP contribution in [0.3, 0.4) is 0 Å². The van der Waals surface area contributed by atoms with E-state index in [0.29, 0.717) is 18.9 Å². The van der Waals surface area contributed by atoms with Crippen LogP contribution in [0.2, 0.25) is 0 Å². The fraction of sp³-hybridized carbons (Fsp3) is 0.889. The first-order valence-corrected chi connectivity index (χ1v) is 9.49. The van der Waals surface area contributed by atoms with Gasteiger partial charge in [-0.3, -0.25) is 4.79 Å². The van der Waals surface area contributed by atoms with Crippen LogP contribution in [-0.4, -0.2) is 66.7 Å². The second kappa shape index (κ2) is 7.72. The smallest absolute Gasteiger partial charge is 0.318 e. The van der Waals surface area contributed by atoms with Gasteiger partial charge in [-0.25, -0.2) is 4.79 Å². The minimum Gasteiger partial charge on any atom is -0.380 e. The van der Waals surface area contributed by atoms with Crippen molar-refractivity contribution in [2.24, 2.45) is 5.92 Å². The number of hydrogen-bond donors (Lipinski definition) is 1. The monoisotopic (exact) mass is 337 g/mol. The van der Waals surface area contributed by atoms with Crippen LogP contribution in [0.5, 0.6) is 0 Å². The first-order chi connectivity index (χ1) is 11.6. The summed E-state index contributed by atoms with van der Waals surface area (Å²) < 4.78 is 5.45. The van der Waals surface area contributed by atoms with Gasteiger partial charge in [-0.05, 0) is 38.5 Å². The lowest BCUT2D eigenvalue weighted by Crippen LogP contribution is -2.52. The number of rotatable bonds is 4. The van der Waals surface area contributed by atoms with Gasteiger partial charge in [-0.1, -0.05) is 12.8 Å². The SMILES string of the molecule is CO[C@H]1C[C@@H](C(=O)N2CCCC2)N(C(=O)N[C@@H](C)C2CCCC2)C1. The molecule has 136 valence electrons. The fourth-order valence-corrected chi connectivity index (χ4v) is 4.43. The van der Waals surface area contributed by atoms with Crippen LogP contribution in [0.25, 0.3) is 0 Å². The molecule has 2 aliphatic heterocycles. The number of hydrogen-bond acceptors (Lipinski definition) is 3. The van der Waals surface area contributed by atoms with E-state index in [4.69, 9.17) is 4.74 Å². The normalized spacial score (nSPS) is 29.2. The summed E-state index contributed by atoms with van der Waals surface area (Å²) in [7, 11) is 1.66. The van der Waals surface area contributed by atoms with Crippen LogP contribution in [0.4, 0.5) is 4.79 Å². The highest BCUT2D eigenvalue weighted by molar-refractivity contribution is 5.88. The maximum Gasteiger partial charge on any atom is 0.318 e. The maximum atomic E-state index is 12.8. The molecule has 3 rings (SSSR count). The lowest BCUT2D eigenvalue weighted by atomic mass is 10.00. The number of likely N-dealkylation sites (tertiary alicyclic amines) is 2. The van der Waals surface area contributed by atoms with Crippen molar-refractivity contribution in [1.29, 1.82) is 0 Å². The third kappa shape index (κ3) is 3.68. The number of carbonyl (C=O) groups is 2. The van der Waals surface area contributed by atoms with E-state index in [0.717, 1.165) is 25.9 Å². The zero-order valence-electron chi connectivity index (χ0n) is 15.0. The van der Waals surface area contributed by atoms with Crippen molar-refractivity contribution in [2.75, 3.05) is 26.7 Å². The van der Waals surface area contributed by atoms with Crippen LogP contribution in [-0.2, 0) is 9.53 Å². The average molecular weight is 337 g/mol. The van der Waals surface area contributed by atoms with Crippen molar-refractivity contribution in [2.45, 2.75) is 70.1 Å². The Labute approximate surface area is 144 Å². The van der Waals surface area contributed by atoms with Gasteiger partial charge >= 0.3 is 6.03 Å². The predicted molar refractivity (Wildman–Crippen MR) is 91.7 cm³/mol. The van der Waals surface area contributed by atoms with Gasteiger partial charge in [0.05, 0.1) is 6.10 Å². The summed E-state index contributed by atoms with van der Waals surface area (Å²) in [5, 5.41) is 3.14. The van der Waals surface area contributed by atoms with Crippen molar-refractivity contribution < 1.29 is 14.3 Å².